The molecule has 1 N–H and O–H groups in total. The number of benzene rings is 1. The Hall–Kier alpha value is -1.56. The molecule has 0 bridgehead atoms. The Morgan fingerprint density at radius 2 is 2.15 bits per heavy atom. The van der Waals surface area contributed by atoms with Crippen molar-refractivity contribution in [2.24, 2.45) is 0 Å². The molecule has 1 aromatic carbocycles. The Morgan fingerprint density at radius 1 is 1.45 bits per heavy atom. The lowest BCUT2D eigenvalue weighted by atomic mass is 10.2. The average molecular weight is 341 g/mol. The van der Waals surface area contributed by atoms with Crippen molar-refractivity contribution in [1.29, 1.82) is 0 Å². The maximum atomic E-state index is 12.3. The molecule has 1 atom stereocenters. The van der Waals surface area contributed by atoms with Gasteiger partial charge in [0.05, 0.1) is 0 Å². The Bertz CT molecular complexity index is 521. The van der Waals surface area contributed by atoms with Crippen molar-refractivity contribution in [3.8, 4) is 0 Å². The van der Waals surface area contributed by atoms with E-state index in [2.05, 4.69) is 15.9 Å². The summed E-state index contributed by atoms with van der Waals surface area (Å²) in [6.07, 6.45) is 1.27. The van der Waals surface area contributed by atoms with E-state index in [1.807, 2.05) is 24.3 Å². The van der Waals surface area contributed by atoms with Gasteiger partial charge in [-0.3, -0.25) is 0 Å². The van der Waals surface area contributed by atoms with E-state index in [0.717, 1.165) is 16.5 Å². The van der Waals surface area contributed by atoms with Crippen LogP contribution in [0.5, 0.6) is 0 Å². The van der Waals surface area contributed by atoms with Gasteiger partial charge in [0.1, 0.15) is 6.04 Å². The molecular weight excluding hydrogens is 324 g/mol. The molecule has 20 heavy (non-hydrogen) atoms. The predicted molar refractivity (Wildman–Crippen MR) is 78.4 cm³/mol. The molecule has 2 amide bonds. The summed E-state index contributed by atoms with van der Waals surface area (Å²) in [5.41, 5.74) is 0.995. The molecule has 0 radical (unpaired) electrons. The fraction of sp³-hybridized carbons (Fsp3) is 0.429. The van der Waals surface area contributed by atoms with Gasteiger partial charge in [-0.15, -0.1) is 0 Å². The molecule has 2 rings (SSSR count). The number of carbonyl (C=O) groups is 2. The number of likely N-dealkylation sites (tertiary alicyclic amines) is 1. The van der Waals surface area contributed by atoms with E-state index in [1.165, 1.54) is 4.90 Å². The first-order valence-electron chi connectivity index (χ1n) is 6.48. The summed E-state index contributed by atoms with van der Waals surface area (Å²) in [6.45, 7) is 0.958. The maximum absolute atomic E-state index is 12.3. The first-order valence-corrected chi connectivity index (χ1v) is 7.28. The minimum absolute atomic E-state index is 0.231. The van der Waals surface area contributed by atoms with Crippen LogP contribution in [-0.4, -0.2) is 46.5 Å². The van der Waals surface area contributed by atoms with Gasteiger partial charge in [-0.25, -0.2) is 9.59 Å². The summed E-state index contributed by atoms with van der Waals surface area (Å²) in [5, 5.41) is 9.13. The zero-order valence-corrected chi connectivity index (χ0v) is 12.8. The lowest BCUT2D eigenvalue weighted by molar-refractivity contribution is -0.141. The van der Waals surface area contributed by atoms with Crippen LogP contribution >= 0.6 is 15.9 Å². The number of nitrogens with zero attached hydrogens (tertiary/aromatic N) is 2. The number of urea groups is 1. The molecule has 1 saturated heterocycles. The Kier molecular flexibility index (Phi) is 4.65. The number of aliphatic carboxylic acids is 1. The second-order valence-electron chi connectivity index (χ2n) is 4.92. The molecule has 0 saturated carbocycles. The van der Waals surface area contributed by atoms with Crippen molar-refractivity contribution in [2.75, 3.05) is 13.6 Å². The standard InChI is InChI=1S/C14H17BrN2O3/c1-16(9-10-5-2-3-6-11(10)15)14(20)17-8-4-7-12(17)13(18)19/h2-3,5-6,12H,4,7-9H2,1H3,(H,18,19)/t12-/m1/s1. The van der Waals surface area contributed by atoms with Crippen molar-refractivity contribution >= 4 is 27.9 Å². The van der Waals surface area contributed by atoms with Gasteiger partial charge in [0.25, 0.3) is 0 Å². The van der Waals surface area contributed by atoms with E-state index in [4.69, 9.17) is 5.11 Å². The van der Waals surface area contributed by atoms with E-state index >= 15 is 0 Å². The predicted octanol–water partition coefficient (Wildman–Crippen LogP) is 2.55. The van der Waals surface area contributed by atoms with E-state index in [0.29, 0.717) is 19.5 Å². The molecule has 108 valence electrons. The van der Waals surface area contributed by atoms with E-state index in [9.17, 15) is 9.59 Å². The quantitative estimate of drug-likeness (QED) is 0.919. The van der Waals surface area contributed by atoms with Crippen LogP contribution in [0.1, 0.15) is 18.4 Å². The van der Waals surface area contributed by atoms with Gasteiger partial charge in [-0.05, 0) is 24.5 Å². The van der Waals surface area contributed by atoms with E-state index in [1.54, 1.807) is 11.9 Å². The summed E-state index contributed by atoms with van der Waals surface area (Å²) < 4.78 is 0.941. The molecule has 1 heterocycles. The third-order valence-corrected chi connectivity index (χ3v) is 4.25. The fourth-order valence-corrected chi connectivity index (χ4v) is 2.83. The van der Waals surface area contributed by atoms with Crippen LogP contribution in [0, 0.1) is 0 Å². The normalized spacial score (nSPS) is 18.1. The number of rotatable bonds is 3. The van der Waals surface area contributed by atoms with Crippen molar-refractivity contribution in [3.05, 3.63) is 34.3 Å². The fourth-order valence-electron chi connectivity index (χ4n) is 2.42. The number of amides is 2. The van der Waals surface area contributed by atoms with Crippen molar-refractivity contribution < 1.29 is 14.7 Å². The van der Waals surface area contributed by atoms with Crippen LogP contribution in [0.25, 0.3) is 0 Å². The Morgan fingerprint density at radius 3 is 2.80 bits per heavy atom. The number of hydrogen-bond donors (Lipinski definition) is 1. The van der Waals surface area contributed by atoms with Crippen LogP contribution in [0.15, 0.2) is 28.7 Å². The van der Waals surface area contributed by atoms with Crippen LogP contribution in [-0.2, 0) is 11.3 Å². The second kappa shape index (κ2) is 6.26. The Balaban J connectivity index is 2.05. The van der Waals surface area contributed by atoms with Gasteiger partial charge in [-0.1, -0.05) is 34.1 Å². The average Bonchev–Trinajstić information content (AvgIpc) is 2.89. The van der Waals surface area contributed by atoms with Crippen molar-refractivity contribution in [1.82, 2.24) is 9.80 Å². The first-order chi connectivity index (χ1) is 9.50. The molecule has 6 heteroatoms. The number of carboxylic acids is 1. The highest BCUT2D eigenvalue weighted by Gasteiger charge is 2.35. The van der Waals surface area contributed by atoms with Gasteiger partial charge in [0.2, 0.25) is 0 Å². The SMILES string of the molecule is CN(Cc1ccccc1Br)C(=O)N1CCC[C@@H]1C(=O)O. The summed E-state index contributed by atoms with van der Waals surface area (Å²) in [6, 6.07) is 6.76. The van der Waals surface area contributed by atoms with Crippen LogP contribution in [0.3, 0.4) is 0 Å². The van der Waals surface area contributed by atoms with Gasteiger partial charge >= 0.3 is 12.0 Å². The molecule has 1 aromatic rings. The highest BCUT2D eigenvalue weighted by molar-refractivity contribution is 9.10. The molecule has 0 unspecified atom stereocenters. The monoisotopic (exact) mass is 340 g/mol. The second-order valence-corrected chi connectivity index (χ2v) is 5.77. The number of carboxylic acid groups (broad SMARTS) is 1. The summed E-state index contributed by atoms with van der Waals surface area (Å²) in [5.74, 6) is -0.926. The lowest BCUT2D eigenvalue weighted by Gasteiger charge is -2.27. The van der Waals surface area contributed by atoms with Gasteiger partial charge < -0.3 is 14.9 Å². The summed E-state index contributed by atoms with van der Waals surface area (Å²) >= 11 is 3.45. The number of halogens is 1. The minimum atomic E-state index is -0.926. The van der Waals surface area contributed by atoms with Crippen molar-refractivity contribution in [2.45, 2.75) is 25.4 Å². The largest absolute Gasteiger partial charge is 0.480 e. The maximum Gasteiger partial charge on any atom is 0.326 e. The molecule has 0 aliphatic carbocycles. The minimum Gasteiger partial charge on any atom is -0.480 e. The molecule has 1 aliphatic heterocycles. The first kappa shape index (κ1) is 14.8. The van der Waals surface area contributed by atoms with Crippen molar-refractivity contribution in [3.63, 3.8) is 0 Å². The number of hydrogen-bond acceptors (Lipinski definition) is 2. The molecule has 0 spiro atoms. The molecule has 5 nitrogen and oxygen atoms in total. The van der Waals surface area contributed by atoms with Crippen LogP contribution in [0.4, 0.5) is 4.79 Å². The molecular formula is C14H17BrN2O3. The molecule has 1 aliphatic rings. The van der Waals surface area contributed by atoms with Gasteiger partial charge in [-0.2, -0.15) is 0 Å². The van der Waals surface area contributed by atoms with Crippen LogP contribution in [0.2, 0.25) is 0 Å². The van der Waals surface area contributed by atoms with Crippen LogP contribution < -0.4 is 0 Å². The zero-order chi connectivity index (χ0) is 14.7. The Labute approximate surface area is 126 Å². The smallest absolute Gasteiger partial charge is 0.326 e. The zero-order valence-electron chi connectivity index (χ0n) is 11.3. The van der Waals surface area contributed by atoms with E-state index in [-0.39, 0.29) is 6.03 Å². The topological polar surface area (TPSA) is 60.9 Å². The molecule has 1 fully saturated rings. The highest BCUT2D eigenvalue weighted by Crippen LogP contribution is 2.21. The summed E-state index contributed by atoms with van der Waals surface area (Å²) in [7, 11) is 1.69. The third kappa shape index (κ3) is 3.12. The lowest BCUT2D eigenvalue weighted by Crippen LogP contribution is -2.46. The molecule has 0 aromatic heterocycles. The summed E-state index contributed by atoms with van der Waals surface area (Å²) in [4.78, 5) is 26.5. The van der Waals surface area contributed by atoms with E-state index < -0.39 is 12.0 Å². The number of carbonyl (C=O) groups excluding carboxylic acids is 1. The third-order valence-electron chi connectivity index (χ3n) is 3.48. The van der Waals surface area contributed by atoms with Gasteiger partial charge in [0.15, 0.2) is 0 Å². The van der Waals surface area contributed by atoms with Gasteiger partial charge in [0, 0.05) is 24.6 Å². The highest BCUT2D eigenvalue weighted by atomic mass is 79.9.